The summed E-state index contributed by atoms with van der Waals surface area (Å²) in [5, 5.41) is 0. The van der Waals surface area contributed by atoms with Gasteiger partial charge in [-0.15, -0.1) is 0 Å². The monoisotopic (exact) mass is 326 g/mol. The quantitative estimate of drug-likeness (QED) is 0.127. The summed E-state index contributed by atoms with van der Waals surface area (Å²) < 4.78 is 67.8. The van der Waals surface area contributed by atoms with E-state index in [1.54, 1.807) is 0 Å². The van der Waals surface area contributed by atoms with E-state index in [2.05, 4.69) is 8.67 Å². The third-order valence-electron chi connectivity index (χ3n) is 0.200. The molecular weight excluding hydrogens is 315 g/mol. The molecule has 17 heteroatoms. The standard InChI is InChI=1S/2H3N.H2O8S2.H3O4P/c;;1-9(2,3)7-8-10(4,5)6;1-5(2,3)4/h2*1H3;(H,1,2,3)(H,4,5,6);(H3,1,2,3,4). The molecule has 0 amide bonds. The molecule has 0 aliphatic rings. The van der Waals surface area contributed by atoms with Crippen LogP contribution in [0.2, 0.25) is 0 Å². The van der Waals surface area contributed by atoms with Crippen molar-refractivity contribution >= 4 is 28.6 Å². The Morgan fingerprint density at radius 3 is 0.941 bits per heavy atom. The van der Waals surface area contributed by atoms with Crippen molar-refractivity contribution in [1.29, 1.82) is 0 Å². The zero-order valence-electron chi connectivity index (χ0n) is 7.77. The molecule has 11 N–H and O–H groups in total. The van der Waals surface area contributed by atoms with Crippen LogP contribution in [0.5, 0.6) is 0 Å². The first kappa shape index (κ1) is 25.6. The third kappa shape index (κ3) is 65.2. The molecule has 0 aliphatic carbocycles. The molecule has 0 spiro atoms. The van der Waals surface area contributed by atoms with Gasteiger partial charge >= 0.3 is 28.6 Å². The molecule has 17 heavy (non-hydrogen) atoms. The van der Waals surface area contributed by atoms with Gasteiger partial charge in [-0.2, -0.15) is 16.8 Å². The van der Waals surface area contributed by atoms with Crippen LogP contribution in [0.3, 0.4) is 0 Å². The lowest BCUT2D eigenvalue weighted by atomic mass is 14.0. The van der Waals surface area contributed by atoms with Gasteiger partial charge in [0.2, 0.25) is 0 Å². The maximum atomic E-state index is 9.51. The number of hydrogen-bond donors (Lipinski definition) is 7. The van der Waals surface area contributed by atoms with Crippen LogP contribution in [-0.4, -0.2) is 40.6 Å². The Kier molecular flexibility index (Phi) is 13.2. The normalized spacial score (nSPS) is 11.4. The molecular formula is H11N2O12PS2. The van der Waals surface area contributed by atoms with Crippen LogP contribution >= 0.6 is 7.82 Å². The van der Waals surface area contributed by atoms with E-state index in [1.807, 2.05) is 0 Å². The summed E-state index contributed by atoms with van der Waals surface area (Å²) in [6.07, 6.45) is 0. The van der Waals surface area contributed by atoms with Gasteiger partial charge in [-0.1, -0.05) is 8.67 Å². The van der Waals surface area contributed by atoms with Crippen LogP contribution in [0.4, 0.5) is 0 Å². The molecule has 0 unspecified atom stereocenters. The fourth-order valence-electron chi connectivity index (χ4n) is 0.0702. The van der Waals surface area contributed by atoms with E-state index >= 15 is 0 Å². The average molecular weight is 326 g/mol. The van der Waals surface area contributed by atoms with Crippen molar-refractivity contribution < 1.29 is 53.9 Å². The molecule has 0 rings (SSSR count). The molecule has 0 aromatic carbocycles. The first-order chi connectivity index (χ1) is 6.21. The first-order valence-corrected chi connectivity index (χ1v) is 6.61. The van der Waals surface area contributed by atoms with Gasteiger partial charge in [-0.3, -0.25) is 9.11 Å². The molecule has 0 saturated carbocycles. The molecule has 0 saturated heterocycles. The zero-order valence-corrected chi connectivity index (χ0v) is 10.3. The van der Waals surface area contributed by atoms with Crippen LogP contribution in [0.1, 0.15) is 0 Å². The number of rotatable bonds is 3. The first-order valence-electron chi connectivity index (χ1n) is 2.31. The number of hydrogen-bond acceptors (Lipinski definition) is 9. The van der Waals surface area contributed by atoms with Crippen LogP contribution in [0.25, 0.3) is 0 Å². The molecule has 0 aromatic rings. The van der Waals surface area contributed by atoms with Crippen molar-refractivity contribution in [2.24, 2.45) is 0 Å². The summed E-state index contributed by atoms with van der Waals surface area (Å²) in [5.74, 6) is 0. The van der Waals surface area contributed by atoms with Crippen LogP contribution < -0.4 is 12.3 Å². The maximum Gasteiger partial charge on any atom is 0.466 e. The maximum absolute atomic E-state index is 9.51. The minimum absolute atomic E-state index is 0. The second-order valence-electron chi connectivity index (χ2n) is 1.50. The second kappa shape index (κ2) is 8.80. The van der Waals surface area contributed by atoms with Gasteiger partial charge < -0.3 is 27.0 Å². The van der Waals surface area contributed by atoms with Gasteiger partial charge in [-0.05, 0) is 0 Å². The van der Waals surface area contributed by atoms with Crippen molar-refractivity contribution in [3.63, 3.8) is 0 Å². The van der Waals surface area contributed by atoms with Crippen molar-refractivity contribution in [1.82, 2.24) is 12.3 Å². The lowest BCUT2D eigenvalue weighted by Crippen LogP contribution is -2.10. The summed E-state index contributed by atoms with van der Waals surface area (Å²) >= 11 is 0. The molecule has 14 nitrogen and oxygen atoms in total. The highest BCUT2D eigenvalue weighted by molar-refractivity contribution is 7.83. The predicted octanol–water partition coefficient (Wildman–Crippen LogP) is -2.06. The molecule has 0 bridgehead atoms. The minimum Gasteiger partial charge on any atom is -0.344 e. The molecule has 110 valence electrons. The highest BCUT2D eigenvalue weighted by atomic mass is 32.3. The Labute approximate surface area is 95.4 Å². The van der Waals surface area contributed by atoms with E-state index in [-0.39, 0.29) is 12.3 Å². The van der Waals surface area contributed by atoms with Crippen molar-refractivity contribution in [2.75, 3.05) is 0 Å². The third-order valence-corrected chi connectivity index (χ3v) is 0.766. The lowest BCUT2D eigenvalue weighted by molar-refractivity contribution is -0.105. The molecule has 0 atom stereocenters. The summed E-state index contributed by atoms with van der Waals surface area (Å²) in [6.45, 7) is 0. The van der Waals surface area contributed by atoms with E-state index in [0.29, 0.717) is 0 Å². The Hall–Kier alpha value is -0.230. The molecule has 0 fully saturated rings. The fourth-order valence-corrected chi connectivity index (χ4v) is 0.632. The van der Waals surface area contributed by atoms with E-state index in [9.17, 15) is 16.8 Å². The Bertz CT molecular complexity index is 371. The smallest absolute Gasteiger partial charge is 0.344 e. The molecule has 0 radical (unpaired) electrons. The predicted molar refractivity (Wildman–Crippen MR) is 49.6 cm³/mol. The van der Waals surface area contributed by atoms with E-state index in [1.165, 1.54) is 0 Å². The van der Waals surface area contributed by atoms with Gasteiger partial charge in [-0.25, -0.2) is 4.57 Å². The Morgan fingerprint density at radius 1 is 0.765 bits per heavy atom. The van der Waals surface area contributed by atoms with Gasteiger partial charge in [0, 0.05) is 0 Å². The van der Waals surface area contributed by atoms with Crippen LogP contribution in [0, 0.1) is 0 Å². The van der Waals surface area contributed by atoms with Gasteiger partial charge in [0.25, 0.3) is 0 Å². The Balaban J connectivity index is -0.000000105. The lowest BCUT2D eigenvalue weighted by Gasteiger charge is -1.92. The van der Waals surface area contributed by atoms with E-state index in [0.717, 1.165) is 0 Å². The molecule has 0 aromatic heterocycles. The minimum atomic E-state index is -5.02. The summed E-state index contributed by atoms with van der Waals surface area (Å²) in [7, 11) is -14.7. The van der Waals surface area contributed by atoms with E-state index < -0.39 is 28.6 Å². The van der Waals surface area contributed by atoms with E-state index in [4.69, 9.17) is 28.4 Å². The second-order valence-corrected chi connectivity index (χ2v) is 4.51. The van der Waals surface area contributed by atoms with Gasteiger partial charge in [0.1, 0.15) is 0 Å². The van der Waals surface area contributed by atoms with Crippen molar-refractivity contribution in [3.8, 4) is 0 Å². The molecule has 0 heterocycles. The van der Waals surface area contributed by atoms with Gasteiger partial charge in [0.05, 0.1) is 0 Å². The summed E-state index contributed by atoms with van der Waals surface area (Å²) in [4.78, 5) is 21.6. The highest BCUT2D eigenvalue weighted by Gasteiger charge is 2.13. The largest absolute Gasteiger partial charge is 0.466 e. The van der Waals surface area contributed by atoms with Crippen molar-refractivity contribution in [3.05, 3.63) is 0 Å². The SMILES string of the molecule is N.N.O=P(O)(O)O.O=S(=O)(O)OOS(=O)(=O)O. The van der Waals surface area contributed by atoms with Crippen LogP contribution in [0.15, 0.2) is 0 Å². The Morgan fingerprint density at radius 2 is 0.882 bits per heavy atom. The van der Waals surface area contributed by atoms with Crippen molar-refractivity contribution in [2.45, 2.75) is 0 Å². The fraction of sp³-hybridized carbons (Fsp3) is 0. The number of phosphoric acid groups is 1. The summed E-state index contributed by atoms with van der Waals surface area (Å²) in [6, 6.07) is 0. The highest BCUT2D eigenvalue weighted by Crippen LogP contribution is 2.25. The average Bonchev–Trinajstić information content (AvgIpc) is 1.76. The summed E-state index contributed by atoms with van der Waals surface area (Å²) in [5.41, 5.74) is 0. The zero-order chi connectivity index (χ0) is 12.9. The topological polar surface area (TPSA) is 275 Å². The molecule has 0 aliphatic heterocycles. The van der Waals surface area contributed by atoms with Crippen LogP contribution in [-0.2, 0) is 34.0 Å². The van der Waals surface area contributed by atoms with Gasteiger partial charge in [0.15, 0.2) is 0 Å².